The van der Waals surface area contributed by atoms with Crippen LogP contribution in [0.3, 0.4) is 0 Å². The summed E-state index contributed by atoms with van der Waals surface area (Å²) in [4.78, 5) is 13.2. The maximum atomic E-state index is 13.6. The largest absolute Gasteiger partial charge is 0.333 e. The highest BCUT2D eigenvalue weighted by molar-refractivity contribution is 5.67. The fraction of sp³-hybridized carbons (Fsp3) is 0.412. The van der Waals surface area contributed by atoms with Crippen molar-refractivity contribution < 1.29 is 18.0 Å². The minimum Gasteiger partial charge on any atom is -0.333 e. The number of amides is 1. The summed E-state index contributed by atoms with van der Waals surface area (Å²) in [5, 5.41) is 4.51. The van der Waals surface area contributed by atoms with E-state index < -0.39 is 17.5 Å². The van der Waals surface area contributed by atoms with E-state index in [1.807, 2.05) is 0 Å². The highest BCUT2D eigenvalue weighted by Gasteiger charge is 2.40. The first-order valence-electron chi connectivity index (χ1n) is 7.94. The lowest BCUT2D eigenvalue weighted by atomic mass is 9.82. The third kappa shape index (κ3) is 2.07. The molecule has 2 aliphatic rings. The number of carbonyl (C=O) groups excluding carboxylic acids is 1. The number of hydrogen-bond donors (Lipinski definition) is 0. The Labute approximate surface area is 136 Å². The Morgan fingerprint density at radius 1 is 1.21 bits per heavy atom. The Bertz CT molecular complexity index is 810. The van der Waals surface area contributed by atoms with E-state index in [2.05, 4.69) is 5.10 Å². The van der Waals surface area contributed by atoms with Crippen LogP contribution in [0.2, 0.25) is 0 Å². The third-order valence-corrected chi connectivity index (χ3v) is 5.11. The van der Waals surface area contributed by atoms with Crippen LogP contribution in [0.15, 0.2) is 12.1 Å². The predicted molar refractivity (Wildman–Crippen MR) is 80.5 cm³/mol. The number of nitrogens with zero attached hydrogens (tertiary/aromatic N) is 3. The molecule has 7 heteroatoms. The lowest BCUT2D eigenvalue weighted by Gasteiger charge is -2.43. The maximum Gasteiger partial charge on any atom is 0.210 e. The second kappa shape index (κ2) is 5.36. The number of aryl methyl sites for hydroxylation is 1. The van der Waals surface area contributed by atoms with Crippen LogP contribution in [0.4, 0.5) is 13.2 Å². The van der Waals surface area contributed by atoms with Gasteiger partial charge in [-0.05, 0) is 37.8 Å². The molecule has 24 heavy (non-hydrogen) atoms. The smallest absolute Gasteiger partial charge is 0.210 e. The first-order chi connectivity index (χ1) is 11.5. The normalized spacial score (nSPS) is 22.4. The number of benzene rings is 1. The van der Waals surface area contributed by atoms with E-state index in [9.17, 15) is 18.0 Å². The van der Waals surface area contributed by atoms with Crippen LogP contribution in [-0.4, -0.2) is 27.1 Å². The number of carbonyl (C=O) groups is 1. The molecule has 1 saturated heterocycles. The molecule has 2 bridgehead atoms. The maximum absolute atomic E-state index is 13.6. The van der Waals surface area contributed by atoms with Gasteiger partial charge in [-0.25, -0.2) is 13.2 Å². The van der Waals surface area contributed by atoms with Gasteiger partial charge < -0.3 is 4.90 Å². The van der Waals surface area contributed by atoms with Crippen molar-refractivity contribution in [2.24, 2.45) is 7.05 Å². The summed E-state index contributed by atoms with van der Waals surface area (Å²) in [6, 6.07) is 1.97. The minimum absolute atomic E-state index is 0.0758. The Hall–Kier alpha value is -2.31. The lowest BCUT2D eigenvalue weighted by Crippen LogP contribution is -2.45. The Morgan fingerprint density at radius 3 is 2.58 bits per heavy atom. The molecule has 0 spiro atoms. The predicted octanol–water partition coefficient (Wildman–Crippen LogP) is 3.11. The van der Waals surface area contributed by atoms with Gasteiger partial charge in [0.05, 0.1) is 17.4 Å². The van der Waals surface area contributed by atoms with E-state index in [1.54, 1.807) is 16.6 Å². The molecule has 1 aromatic heterocycles. The van der Waals surface area contributed by atoms with Crippen molar-refractivity contribution in [2.75, 3.05) is 0 Å². The molecule has 0 aliphatic carbocycles. The summed E-state index contributed by atoms with van der Waals surface area (Å²) >= 11 is 0. The molecule has 4 nitrogen and oxygen atoms in total. The van der Waals surface area contributed by atoms with Gasteiger partial charge >= 0.3 is 0 Å². The second-order valence-corrected chi connectivity index (χ2v) is 6.45. The van der Waals surface area contributed by atoms with Crippen LogP contribution in [0.25, 0.3) is 11.3 Å². The number of rotatable bonds is 2. The SMILES string of the molecule is Cn1nc2c(c1-c1cc(F)c(F)c(F)c1)C[C@H]1CCC[C@@H]2N1C=O. The standard InChI is InChI=1S/C17H16F3N3O/c1-22-17(9-5-12(18)15(20)13(19)6-9)11-7-10-3-2-4-14(16(11)21-22)23(10)8-24/h5-6,8,10,14H,2-4,7H2,1H3/t10-,14+/m1/s1. The molecule has 0 unspecified atom stereocenters. The van der Waals surface area contributed by atoms with E-state index >= 15 is 0 Å². The average molecular weight is 335 g/mol. The molecule has 2 aromatic rings. The van der Waals surface area contributed by atoms with Gasteiger partial charge in [0.15, 0.2) is 17.5 Å². The molecule has 0 saturated carbocycles. The monoisotopic (exact) mass is 335 g/mol. The van der Waals surface area contributed by atoms with Crippen molar-refractivity contribution >= 4 is 6.41 Å². The molecular formula is C17H16F3N3O. The van der Waals surface area contributed by atoms with E-state index in [0.29, 0.717) is 12.1 Å². The van der Waals surface area contributed by atoms with Gasteiger partial charge in [-0.1, -0.05) is 0 Å². The zero-order valence-electron chi connectivity index (χ0n) is 13.1. The van der Waals surface area contributed by atoms with E-state index in [1.165, 1.54) is 0 Å². The van der Waals surface area contributed by atoms with Crippen molar-refractivity contribution in [3.05, 3.63) is 40.8 Å². The fourth-order valence-electron chi connectivity index (χ4n) is 4.09. The van der Waals surface area contributed by atoms with Crippen molar-refractivity contribution in [3.63, 3.8) is 0 Å². The summed E-state index contributed by atoms with van der Waals surface area (Å²) in [5.41, 5.74) is 2.53. The van der Waals surface area contributed by atoms with Crippen LogP contribution >= 0.6 is 0 Å². The van der Waals surface area contributed by atoms with Crippen molar-refractivity contribution in [2.45, 2.75) is 37.8 Å². The summed E-state index contributed by atoms with van der Waals surface area (Å²) in [5.74, 6) is -3.91. The van der Waals surface area contributed by atoms with E-state index in [0.717, 1.165) is 49.1 Å². The highest BCUT2D eigenvalue weighted by atomic mass is 19.2. The molecule has 0 N–H and O–H groups in total. The van der Waals surface area contributed by atoms with Crippen molar-refractivity contribution in [1.82, 2.24) is 14.7 Å². The number of piperidine rings is 1. The van der Waals surface area contributed by atoms with Gasteiger partial charge in [0.25, 0.3) is 0 Å². The lowest BCUT2D eigenvalue weighted by molar-refractivity contribution is -0.125. The van der Waals surface area contributed by atoms with Gasteiger partial charge in [-0.3, -0.25) is 9.48 Å². The third-order valence-electron chi connectivity index (χ3n) is 5.11. The van der Waals surface area contributed by atoms with Crippen molar-refractivity contribution in [3.8, 4) is 11.3 Å². The molecule has 1 aromatic carbocycles. The molecule has 1 amide bonds. The molecule has 1 fully saturated rings. The quantitative estimate of drug-likeness (QED) is 0.625. The molecule has 4 rings (SSSR count). The van der Waals surface area contributed by atoms with Gasteiger partial charge in [0.2, 0.25) is 6.41 Å². The Morgan fingerprint density at radius 2 is 1.92 bits per heavy atom. The zero-order chi connectivity index (χ0) is 17.0. The summed E-state index contributed by atoms with van der Waals surface area (Å²) < 4.78 is 42.1. The van der Waals surface area contributed by atoms with Crippen LogP contribution in [-0.2, 0) is 18.3 Å². The summed E-state index contributed by atoms with van der Waals surface area (Å²) in [6.45, 7) is 0. The first kappa shape index (κ1) is 15.2. The van der Waals surface area contributed by atoms with Gasteiger partial charge in [0, 0.05) is 24.2 Å². The van der Waals surface area contributed by atoms with Crippen molar-refractivity contribution in [1.29, 1.82) is 0 Å². The molecule has 126 valence electrons. The second-order valence-electron chi connectivity index (χ2n) is 6.45. The van der Waals surface area contributed by atoms with Gasteiger partial charge in [0.1, 0.15) is 0 Å². The van der Waals surface area contributed by atoms with Gasteiger partial charge in [-0.2, -0.15) is 5.10 Å². The fourth-order valence-corrected chi connectivity index (χ4v) is 4.09. The number of halogens is 3. The first-order valence-corrected chi connectivity index (χ1v) is 7.94. The minimum atomic E-state index is -1.47. The average Bonchev–Trinajstić information content (AvgIpc) is 2.87. The van der Waals surface area contributed by atoms with E-state index in [-0.39, 0.29) is 17.6 Å². The summed E-state index contributed by atoms with van der Waals surface area (Å²) in [6.07, 6.45) is 4.20. The molecule has 0 radical (unpaired) electrons. The zero-order valence-corrected chi connectivity index (χ0v) is 13.1. The van der Waals surface area contributed by atoms with Crippen LogP contribution in [0.1, 0.15) is 36.6 Å². The van der Waals surface area contributed by atoms with Crippen LogP contribution < -0.4 is 0 Å². The number of fused-ring (bicyclic) bond motifs is 4. The topological polar surface area (TPSA) is 38.1 Å². The molecule has 2 atom stereocenters. The van der Waals surface area contributed by atoms with E-state index in [4.69, 9.17) is 0 Å². The highest BCUT2D eigenvalue weighted by Crippen LogP contribution is 2.43. The Balaban J connectivity index is 1.89. The molecule has 3 heterocycles. The number of hydrogen-bond acceptors (Lipinski definition) is 2. The number of aromatic nitrogens is 2. The molecular weight excluding hydrogens is 319 g/mol. The van der Waals surface area contributed by atoms with Crippen LogP contribution in [0.5, 0.6) is 0 Å². The van der Waals surface area contributed by atoms with Gasteiger partial charge in [-0.15, -0.1) is 0 Å². The summed E-state index contributed by atoms with van der Waals surface area (Å²) in [7, 11) is 1.70. The van der Waals surface area contributed by atoms with Crippen LogP contribution in [0, 0.1) is 17.5 Å². The molecule has 2 aliphatic heterocycles. The Kier molecular flexibility index (Phi) is 3.40.